The van der Waals surface area contributed by atoms with E-state index in [-0.39, 0.29) is 0 Å². The molecule has 1 aromatic heterocycles. The van der Waals surface area contributed by atoms with Crippen molar-refractivity contribution in [2.75, 3.05) is 0 Å². The molecule has 90 valence electrons. The molecule has 0 saturated heterocycles. The summed E-state index contributed by atoms with van der Waals surface area (Å²) in [5.41, 5.74) is 7.71. The van der Waals surface area contributed by atoms with Crippen LogP contribution in [0.1, 0.15) is 30.5 Å². The smallest absolute Gasteiger partial charge is 0.0962 e. The van der Waals surface area contributed by atoms with Gasteiger partial charge in [-0.2, -0.15) is 0 Å². The molecule has 0 radical (unpaired) electrons. The van der Waals surface area contributed by atoms with Crippen molar-refractivity contribution < 1.29 is 0 Å². The Hall–Kier alpha value is -1.68. The molecule has 0 aliphatic rings. The van der Waals surface area contributed by atoms with Gasteiger partial charge >= 0.3 is 0 Å². The fourth-order valence-electron chi connectivity index (χ4n) is 1.82. The minimum absolute atomic E-state index is 0.453. The SMILES string of the molecule is C[C@@H](CCn1cc(CN)nn1)c1ccccc1. The first-order valence-corrected chi connectivity index (χ1v) is 5.93. The van der Waals surface area contributed by atoms with Crippen LogP contribution in [-0.4, -0.2) is 15.0 Å². The highest BCUT2D eigenvalue weighted by atomic mass is 15.4. The van der Waals surface area contributed by atoms with Crippen LogP contribution in [0.3, 0.4) is 0 Å². The Bertz CT molecular complexity index is 449. The lowest BCUT2D eigenvalue weighted by atomic mass is 9.98. The van der Waals surface area contributed by atoms with Crippen molar-refractivity contribution in [2.45, 2.75) is 32.4 Å². The molecule has 17 heavy (non-hydrogen) atoms. The van der Waals surface area contributed by atoms with Gasteiger partial charge in [-0.15, -0.1) is 5.10 Å². The molecule has 0 aliphatic heterocycles. The third-order valence-corrected chi connectivity index (χ3v) is 2.96. The van der Waals surface area contributed by atoms with Crippen LogP contribution >= 0.6 is 0 Å². The molecule has 0 aliphatic carbocycles. The molecule has 0 saturated carbocycles. The number of hydrogen-bond donors (Lipinski definition) is 1. The summed E-state index contributed by atoms with van der Waals surface area (Å²) in [5, 5.41) is 8.01. The fourth-order valence-corrected chi connectivity index (χ4v) is 1.82. The molecule has 1 heterocycles. The van der Waals surface area contributed by atoms with Crippen LogP contribution in [-0.2, 0) is 13.1 Å². The Kier molecular flexibility index (Phi) is 3.88. The summed E-state index contributed by atoms with van der Waals surface area (Å²) in [6.07, 6.45) is 2.97. The van der Waals surface area contributed by atoms with Crippen LogP contribution in [0.2, 0.25) is 0 Å². The van der Waals surface area contributed by atoms with Gasteiger partial charge in [0.1, 0.15) is 0 Å². The zero-order valence-corrected chi connectivity index (χ0v) is 10.1. The number of rotatable bonds is 5. The van der Waals surface area contributed by atoms with E-state index in [0.29, 0.717) is 12.5 Å². The molecule has 0 bridgehead atoms. The maximum atomic E-state index is 5.49. The highest BCUT2D eigenvalue weighted by molar-refractivity contribution is 5.18. The molecule has 1 aromatic carbocycles. The molecule has 1 atom stereocenters. The predicted molar refractivity (Wildman–Crippen MR) is 67.4 cm³/mol. The van der Waals surface area contributed by atoms with Crippen molar-refractivity contribution in [1.29, 1.82) is 0 Å². The Labute approximate surface area is 101 Å². The zero-order valence-electron chi connectivity index (χ0n) is 10.1. The normalized spacial score (nSPS) is 12.6. The van der Waals surface area contributed by atoms with Crippen LogP contribution in [0.15, 0.2) is 36.5 Å². The van der Waals surface area contributed by atoms with E-state index >= 15 is 0 Å². The van der Waals surface area contributed by atoms with E-state index in [9.17, 15) is 0 Å². The monoisotopic (exact) mass is 230 g/mol. The summed E-state index contributed by atoms with van der Waals surface area (Å²) in [5.74, 6) is 0.529. The van der Waals surface area contributed by atoms with Gasteiger partial charge in [0.15, 0.2) is 0 Å². The number of aryl methyl sites for hydroxylation is 1. The lowest BCUT2D eigenvalue weighted by Gasteiger charge is -2.11. The van der Waals surface area contributed by atoms with Gasteiger partial charge in [0.2, 0.25) is 0 Å². The third-order valence-electron chi connectivity index (χ3n) is 2.96. The van der Waals surface area contributed by atoms with Crippen LogP contribution < -0.4 is 5.73 Å². The van der Waals surface area contributed by atoms with Gasteiger partial charge in [-0.25, -0.2) is 0 Å². The molecular formula is C13H18N4. The molecule has 4 nitrogen and oxygen atoms in total. The summed E-state index contributed by atoms with van der Waals surface area (Å²) in [7, 11) is 0. The van der Waals surface area contributed by atoms with E-state index in [1.165, 1.54) is 5.56 Å². The summed E-state index contributed by atoms with van der Waals surface area (Å²) in [4.78, 5) is 0. The van der Waals surface area contributed by atoms with Gasteiger partial charge in [0.25, 0.3) is 0 Å². The number of hydrogen-bond acceptors (Lipinski definition) is 3. The summed E-state index contributed by atoms with van der Waals surface area (Å²) in [6, 6.07) is 10.5. The lowest BCUT2D eigenvalue weighted by molar-refractivity contribution is 0.520. The number of nitrogens with zero attached hydrogens (tertiary/aromatic N) is 3. The van der Waals surface area contributed by atoms with Crippen molar-refractivity contribution >= 4 is 0 Å². The molecule has 0 fully saturated rings. The molecule has 0 spiro atoms. The van der Waals surface area contributed by atoms with Crippen LogP contribution in [0.5, 0.6) is 0 Å². The second-order valence-electron chi connectivity index (χ2n) is 4.28. The summed E-state index contributed by atoms with van der Waals surface area (Å²) < 4.78 is 1.86. The topological polar surface area (TPSA) is 56.7 Å². The molecule has 0 unspecified atom stereocenters. The minimum Gasteiger partial charge on any atom is -0.325 e. The van der Waals surface area contributed by atoms with Crippen LogP contribution in [0.25, 0.3) is 0 Å². The number of nitrogens with two attached hydrogens (primary N) is 1. The molecular weight excluding hydrogens is 212 g/mol. The quantitative estimate of drug-likeness (QED) is 0.854. The highest BCUT2D eigenvalue weighted by Gasteiger charge is 2.06. The fraction of sp³-hybridized carbons (Fsp3) is 0.385. The first-order chi connectivity index (χ1) is 8.29. The molecule has 2 aromatic rings. The van der Waals surface area contributed by atoms with Crippen molar-refractivity contribution in [1.82, 2.24) is 15.0 Å². The number of benzene rings is 1. The molecule has 2 N–H and O–H groups in total. The van der Waals surface area contributed by atoms with E-state index in [1.54, 1.807) is 0 Å². The van der Waals surface area contributed by atoms with Gasteiger partial charge < -0.3 is 5.73 Å². The molecule has 2 rings (SSSR count). The Morgan fingerprint density at radius 3 is 2.71 bits per heavy atom. The zero-order chi connectivity index (χ0) is 12.1. The third kappa shape index (κ3) is 3.14. The second kappa shape index (κ2) is 5.59. The Morgan fingerprint density at radius 1 is 1.29 bits per heavy atom. The van der Waals surface area contributed by atoms with E-state index in [0.717, 1.165) is 18.7 Å². The van der Waals surface area contributed by atoms with E-state index in [2.05, 4.69) is 41.5 Å². The average Bonchev–Trinajstić information content (AvgIpc) is 2.85. The van der Waals surface area contributed by atoms with E-state index in [4.69, 9.17) is 5.73 Å². The summed E-state index contributed by atoms with van der Waals surface area (Å²) in [6.45, 7) is 3.56. The largest absolute Gasteiger partial charge is 0.325 e. The standard InChI is InChI=1S/C13H18N4/c1-11(12-5-3-2-4-6-12)7-8-17-10-13(9-14)15-16-17/h2-6,10-11H,7-9,14H2,1H3/t11-/m0/s1. The van der Waals surface area contributed by atoms with Gasteiger partial charge in [-0.1, -0.05) is 42.5 Å². The molecule has 4 heteroatoms. The second-order valence-corrected chi connectivity index (χ2v) is 4.28. The Morgan fingerprint density at radius 2 is 2.06 bits per heavy atom. The van der Waals surface area contributed by atoms with Gasteiger partial charge in [0.05, 0.1) is 5.69 Å². The van der Waals surface area contributed by atoms with Crippen LogP contribution in [0, 0.1) is 0 Å². The van der Waals surface area contributed by atoms with Crippen molar-refractivity contribution in [3.63, 3.8) is 0 Å². The van der Waals surface area contributed by atoms with Crippen LogP contribution in [0.4, 0.5) is 0 Å². The maximum Gasteiger partial charge on any atom is 0.0962 e. The number of aromatic nitrogens is 3. The first-order valence-electron chi connectivity index (χ1n) is 5.93. The summed E-state index contributed by atoms with van der Waals surface area (Å²) >= 11 is 0. The highest BCUT2D eigenvalue weighted by Crippen LogP contribution is 2.18. The van der Waals surface area contributed by atoms with Gasteiger partial charge in [-0.3, -0.25) is 4.68 Å². The maximum absolute atomic E-state index is 5.49. The van der Waals surface area contributed by atoms with Gasteiger partial charge in [-0.05, 0) is 17.9 Å². The van der Waals surface area contributed by atoms with Crippen molar-refractivity contribution in [3.05, 3.63) is 47.8 Å². The van der Waals surface area contributed by atoms with E-state index < -0.39 is 0 Å². The first kappa shape index (κ1) is 11.8. The van der Waals surface area contributed by atoms with Crippen molar-refractivity contribution in [2.24, 2.45) is 5.73 Å². The lowest BCUT2D eigenvalue weighted by Crippen LogP contribution is -2.03. The Balaban J connectivity index is 1.90. The van der Waals surface area contributed by atoms with Gasteiger partial charge in [0, 0.05) is 19.3 Å². The minimum atomic E-state index is 0.453. The predicted octanol–water partition coefficient (Wildman–Crippen LogP) is 1.93. The van der Waals surface area contributed by atoms with E-state index in [1.807, 2.05) is 16.9 Å². The molecule has 0 amide bonds. The van der Waals surface area contributed by atoms with Crippen molar-refractivity contribution in [3.8, 4) is 0 Å². The average molecular weight is 230 g/mol.